The molecule has 0 bridgehead atoms. The highest BCUT2D eigenvalue weighted by molar-refractivity contribution is 5.88. The Kier molecular flexibility index (Phi) is 9.07. The van der Waals surface area contributed by atoms with Gasteiger partial charge in [-0.3, -0.25) is 0 Å². The molecule has 0 aliphatic rings. The molecule has 54 heavy (non-hydrogen) atoms. The Morgan fingerprint density at radius 1 is 0.315 bits per heavy atom. The van der Waals surface area contributed by atoms with E-state index in [1.165, 1.54) is 67.0 Å². The van der Waals surface area contributed by atoms with Crippen LogP contribution >= 0.6 is 0 Å². The van der Waals surface area contributed by atoms with Crippen LogP contribution in [0.5, 0.6) is 0 Å². The smallest absolute Gasteiger partial charge is 0.0606 e. The summed E-state index contributed by atoms with van der Waals surface area (Å²) in [5.74, 6) is 0. The second kappa shape index (κ2) is 14.0. The molecule has 2 heteroatoms. The van der Waals surface area contributed by atoms with Gasteiger partial charge >= 0.3 is 0 Å². The minimum atomic E-state index is 0.103. The molecule has 266 valence electrons. The van der Waals surface area contributed by atoms with Crippen LogP contribution in [0.4, 0.5) is 0 Å². The highest BCUT2D eigenvalue weighted by Crippen LogP contribution is 2.40. The van der Waals surface area contributed by atoms with E-state index in [0.717, 1.165) is 11.4 Å². The van der Waals surface area contributed by atoms with E-state index in [1.54, 1.807) is 0 Å². The second-order valence-corrected chi connectivity index (χ2v) is 16.4. The van der Waals surface area contributed by atoms with Gasteiger partial charge in [-0.2, -0.15) is 0 Å². The van der Waals surface area contributed by atoms with Gasteiger partial charge in [0.25, 0.3) is 0 Å². The van der Waals surface area contributed by atoms with Crippen LogP contribution in [0.25, 0.3) is 67.3 Å². The standard InChI is InChI=1S/C52H48N2/c1-51(2,3)43-23-27-45(28-24-43)53-33-31-47(49(53)37-15-9-7-10-16-37)41-21-13-19-39(35-41)40-20-14-22-42(36-40)48-32-34-54(50(48)38-17-11-8-12-18-38)46-29-25-44(26-30-46)52(4,5)6/h7-36H,1-6H3. The fourth-order valence-corrected chi connectivity index (χ4v) is 7.52. The first-order valence-electron chi connectivity index (χ1n) is 19.0. The van der Waals surface area contributed by atoms with Crippen molar-refractivity contribution in [3.63, 3.8) is 0 Å². The fraction of sp³-hybridized carbons (Fsp3) is 0.154. The molecule has 0 saturated heterocycles. The van der Waals surface area contributed by atoms with Gasteiger partial charge in [-0.1, -0.05) is 163 Å². The Balaban J connectivity index is 1.20. The molecule has 0 N–H and O–H groups in total. The van der Waals surface area contributed by atoms with Crippen molar-refractivity contribution in [3.8, 4) is 67.3 Å². The van der Waals surface area contributed by atoms with E-state index >= 15 is 0 Å². The van der Waals surface area contributed by atoms with Crippen LogP contribution in [0.1, 0.15) is 52.7 Å². The molecular formula is C52H48N2. The number of hydrogen-bond acceptors (Lipinski definition) is 0. The van der Waals surface area contributed by atoms with Crippen LogP contribution in [-0.4, -0.2) is 9.13 Å². The molecule has 0 atom stereocenters. The van der Waals surface area contributed by atoms with Crippen molar-refractivity contribution in [3.05, 3.63) is 193 Å². The molecule has 8 rings (SSSR count). The van der Waals surface area contributed by atoms with Crippen molar-refractivity contribution in [2.24, 2.45) is 0 Å². The third-order valence-corrected chi connectivity index (χ3v) is 10.6. The van der Waals surface area contributed by atoms with Gasteiger partial charge in [-0.15, -0.1) is 0 Å². The molecule has 0 aliphatic carbocycles. The normalized spacial score (nSPS) is 11.9. The lowest BCUT2D eigenvalue weighted by Crippen LogP contribution is -2.10. The summed E-state index contributed by atoms with van der Waals surface area (Å²) in [6, 6.07) is 62.1. The lowest BCUT2D eigenvalue weighted by molar-refractivity contribution is 0.590. The SMILES string of the molecule is CC(C)(C)c1ccc(-n2ccc(-c3cccc(-c4cccc(-c5ccn(-c6ccc(C(C)(C)C)cc6)c5-c5ccccc5)c4)c3)c2-c2ccccc2)cc1. The number of nitrogens with zero attached hydrogens (tertiary/aromatic N) is 2. The van der Waals surface area contributed by atoms with Gasteiger partial charge in [0.05, 0.1) is 11.4 Å². The van der Waals surface area contributed by atoms with Crippen molar-refractivity contribution in [1.29, 1.82) is 0 Å². The Morgan fingerprint density at radius 2 is 0.648 bits per heavy atom. The molecule has 0 spiro atoms. The summed E-state index contributed by atoms with van der Waals surface area (Å²) in [6.45, 7) is 13.6. The molecule has 2 heterocycles. The van der Waals surface area contributed by atoms with Crippen molar-refractivity contribution in [2.45, 2.75) is 52.4 Å². The molecular weight excluding hydrogens is 653 g/mol. The maximum Gasteiger partial charge on any atom is 0.0606 e. The first kappa shape index (κ1) is 34.9. The van der Waals surface area contributed by atoms with E-state index in [2.05, 4.69) is 233 Å². The number of benzene rings is 6. The molecule has 0 fully saturated rings. The average molecular weight is 701 g/mol. The van der Waals surface area contributed by atoms with Crippen molar-refractivity contribution >= 4 is 0 Å². The maximum atomic E-state index is 2.34. The second-order valence-electron chi connectivity index (χ2n) is 16.4. The number of rotatable bonds is 7. The van der Waals surface area contributed by atoms with Crippen molar-refractivity contribution in [2.75, 3.05) is 0 Å². The minimum absolute atomic E-state index is 0.103. The fourth-order valence-electron chi connectivity index (χ4n) is 7.52. The number of aromatic nitrogens is 2. The molecule has 0 unspecified atom stereocenters. The van der Waals surface area contributed by atoms with Crippen molar-refractivity contribution in [1.82, 2.24) is 9.13 Å². The monoisotopic (exact) mass is 700 g/mol. The lowest BCUT2D eigenvalue weighted by atomic mass is 9.87. The maximum absolute atomic E-state index is 2.34. The van der Waals surface area contributed by atoms with E-state index in [1.807, 2.05) is 0 Å². The largest absolute Gasteiger partial charge is 0.316 e. The summed E-state index contributed by atoms with van der Waals surface area (Å²) in [5.41, 5.74) is 17.1. The van der Waals surface area contributed by atoms with E-state index in [9.17, 15) is 0 Å². The first-order valence-corrected chi connectivity index (χ1v) is 19.0. The summed E-state index contributed by atoms with van der Waals surface area (Å²) in [5, 5.41) is 0. The molecule has 2 nitrogen and oxygen atoms in total. The average Bonchev–Trinajstić information content (AvgIpc) is 3.84. The Morgan fingerprint density at radius 3 is 1.00 bits per heavy atom. The van der Waals surface area contributed by atoms with E-state index in [-0.39, 0.29) is 10.8 Å². The molecule has 0 aliphatic heterocycles. The molecule has 0 amide bonds. The quantitative estimate of drug-likeness (QED) is 0.157. The summed E-state index contributed by atoms with van der Waals surface area (Å²) < 4.78 is 4.66. The molecule has 6 aromatic carbocycles. The molecule has 8 aromatic rings. The zero-order valence-corrected chi connectivity index (χ0v) is 32.2. The summed E-state index contributed by atoms with van der Waals surface area (Å²) in [4.78, 5) is 0. The van der Waals surface area contributed by atoms with Gasteiger partial charge in [-0.05, 0) is 104 Å². The van der Waals surface area contributed by atoms with Crippen LogP contribution in [0.3, 0.4) is 0 Å². The van der Waals surface area contributed by atoms with Crippen LogP contribution in [0.2, 0.25) is 0 Å². The van der Waals surface area contributed by atoms with Gasteiger partial charge in [0.1, 0.15) is 0 Å². The third-order valence-electron chi connectivity index (χ3n) is 10.6. The van der Waals surface area contributed by atoms with Gasteiger partial charge in [0, 0.05) is 34.9 Å². The molecule has 2 aromatic heterocycles. The first-order chi connectivity index (χ1) is 26.0. The Bertz CT molecular complexity index is 2340. The zero-order chi connectivity index (χ0) is 37.5. The third kappa shape index (κ3) is 6.88. The predicted octanol–water partition coefficient (Wildman–Crippen LogP) is 14.2. The Hall–Kier alpha value is -6.12. The highest BCUT2D eigenvalue weighted by atomic mass is 15.0. The molecule has 0 radical (unpaired) electrons. The summed E-state index contributed by atoms with van der Waals surface area (Å²) >= 11 is 0. The van der Waals surface area contributed by atoms with E-state index in [4.69, 9.17) is 0 Å². The van der Waals surface area contributed by atoms with Crippen molar-refractivity contribution < 1.29 is 0 Å². The van der Waals surface area contributed by atoms with E-state index < -0.39 is 0 Å². The predicted molar refractivity (Wildman–Crippen MR) is 230 cm³/mol. The van der Waals surface area contributed by atoms with Crippen LogP contribution in [0.15, 0.2) is 182 Å². The summed E-state index contributed by atoms with van der Waals surface area (Å²) in [6.07, 6.45) is 4.42. The topological polar surface area (TPSA) is 9.86 Å². The Labute approximate surface area is 321 Å². The molecule has 0 saturated carbocycles. The van der Waals surface area contributed by atoms with E-state index in [0.29, 0.717) is 0 Å². The lowest BCUT2D eigenvalue weighted by Gasteiger charge is -2.20. The van der Waals surface area contributed by atoms with Gasteiger partial charge in [0.15, 0.2) is 0 Å². The zero-order valence-electron chi connectivity index (χ0n) is 32.2. The van der Waals surface area contributed by atoms with Gasteiger partial charge in [-0.25, -0.2) is 0 Å². The number of hydrogen-bond donors (Lipinski definition) is 0. The van der Waals surface area contributed by atoms with Crippen LogP contribution in [-0.2, 0) is 10.8 Å². The minimum Gasteiger partial charge on any atom is -0.316 e. The van der Waals surface area contributed by atoms with Gasteiger partial charge in [0.2, 0.25) is 0 Å². The van der Waals surface area contributed by atoms with Crippen LogP contribution in [0, 0.1) is 0 Å². The van der Waals surface area contributed by atoms with Crippen LogP contribution < -0.4 is 0 Å². The van der Waals surface area contributed by atoms with Gasteiger partial charge < -0.3 is 9.13 Å². The highest BCUT2D eigenvalue weighted by Gasteiger charge is 2.19. The summed E-state index contributed by atoms with van der Waals surface area (Å²) in [7, 11) is 0.